The molecule has 1 aromatic heterocycles. The fraction of sp³-hybridized carbons (Fsp3) is 0.364. The Kier molecular flexibility index (Phi) is 2.76. The van der Waals surface area contributed by atoms with Gasteiger partial charge in [-0.15, -0.1) is 0 Å². The van der Waals surface area contributed by atoms with Gasteiger partial charge in [-0.25, -0.2) is 14.8 Å². The first kappa shape index (κ1) is 9.83. The zero-order chi connectivity index (χ0) is 10.7. The van der Waals surface area contributed by atoms with Gasteiger partial charge in [0, 0.05) is 23.9 Å². The Morgan fingerprint density at radius 2 is 2.33 bits per heavy atom. The Balaban J connectivity index is 2.14. The van der Waals surface area contributed by atoms with E-state index in [0.29, 0.717) is 11.7 Å². The minimum atomic E-state index is -0.979. The number of carbonyl (C=O) groups is 1. The van der Waals surface area contributed by atoms with Gasteiger partial charge in [-0.2, -0.15) is 0 Å². The average Bonchev–Trinajstić information content (AvgIpc) is 2.13. The summed E-state index contributed by atoms with van der Waals surface area (Å²) in [4.78, 5) is 18.6. The lowest BCUT2D eigenvalue weighted by Crippen LogP contribution is -2.11. The molecule has 1 aromatic rings. The molecule has 15 heavy (non-hydrogen) atoms. The van der Waals surface area contributed by atoms with Gasteiger partial charge in [0.15, 0.2) is 5.82 Å². The second-order valence-electron chi connectivity index (χ2n) is 3.64. The summed E-state index contributed by atoms with van der Waals surface area (Å²) in [5.74, 6) is 0.0411. The molecule has 4 nitrogen and oxygen atoms in total. The van der Waals surface area contributed by atoms with Crippen LogP contribution in [0.2, 0.25) is 0 Å². The zero-order valence-corrected chi connectivity index (χ0v) is 8.26. The fourth-order valence-corrected chi connectivity index (χ4v) is 1.55. The number of carboxylic acids is 1. The van der Waals surface area contributed by atoms with Gasteiger partial charge in [0.05, 0.1) is 0 Å². The highest BCUT2D eigenvalue weighted by molar-refractivity contribution is 5.84. The van der Waals surface area contributed by atoms with E-state index in [9.17, 15) is 4.79 Å². The molecule has 0 amide bonds. The standard InChI is InChI=1S/C11H12N2O2/c14-11(15)5-4-10-12-7-6-9(13-10)8-2-1-3-8/h4-8H,1-3H2,(H,14,15)/b5-4+. The Labute approximate surface area is 87.7 Å². The number of nitrogens with zero attached hydrogens (tertiary/aromatic N) is 2. The summed E-state index contributed by atoms with van der Waals surface area (Å²) in [5.41, 5.74) is 1.03. The van der Waals surface area contributed by atoms with Crippen molar-refractivity contribution in [2.45, 2.75) is 25.2 Å². The average molecular weight is 204 g/mol. The Morgan fingerprint density at radius 3 is 2.93 bits per heavy atom. The molecular formula is C11H12N2O2. The van der Waals surface area contributed by atoms with E-state index >= 15 is 0 Å². The molecule has 1 N–H and O–H groups in total. The number of hydrogen-bond acceptors (Lipinski definition) is 3. The van der Waals surface area contributed by atoms with Crippen molar-refractivity contribution < 1.29 is 9.90 Å². The molecule has 1 fully saturated rings. The first-order chi connectivity index (χ1) is 7.25. The molecule has 0 saturated heterocycles. The van der Waals surface area contributed by atoms with Crippen LogP contribution in [0.3, 0.4) is 0 Å². The zero-order valence-electron chi connectivity index (χ0n) is 8.26. The topological polar surface area (TPSA) is 63.1 Å². The number of aromatic nitrogens is 2. The summed E-state index contributed by atoms with van der Waals surface area (Å²) < 4.78 is 0. The van der Waals surface area contributed by atoms with E-state index in [-0.39, 0.29) is 0 Å². The van der Waals surface area contributed by atoms with E-state index in [1.165, 1.54) is 25.3 Å². The van der Waals surface area contributed by atoms with Crippen LogP contribution in [-0.4, -0.2) is 21.0 Å². The second-order valence-corrected chi connectivity index (χ2v) is 3.64. The van der Waals surface area contributed by atoms with Crippen molar-refractivity contribution >= 4 is 12.0 Å². The third kappa shape index (κ3) is 2.40. The van der Waals surface area contributed by atoms with Gasteiger partial charge >= 0.3 is 5.97 Å². The summed E-state index contributed by atoms with van der Waals surface area (Å²) in [5, 5.41) is 8.47. The smallest absolute Gasteiger partial charge is 0.328 e. The van der Waals surface area contributed by atoms with Crippen molar-refractivity contribution in [3.8, 4) is 0 Å². The lowest BCUT2D eigenvalue weighted by molar-refractivity contribution is -0.131. The van der Waals surface area contributed by atoms with Crippen LogP contribution in [0.15, 0.2) is 18.3 Å². The molecule has 0 aliphatic heterocycles. The molecular weight excluding hydrogens is 192 g/mol. The molecule has 4 heteroatoms. The minimum Gasteiger partial charge on any atom is -0.478 e. The molecule has 0 spiro atoms. The first-order valence-electron chi connectivity index (χ1n) is 4.99. The third-order valence-electron chi connectivity index (χ3n) is 2.59. The van der Waals surface area contributed by atoms with E-state index in [0.717, 1.165) is 11.8 Å². The van der Waals surface area contributed by atoms with Crippen molar-refractivity contribution in [2.75, 3.05) is 0 Å². The van der Waals surface area contributed by atoms with Crippen molar-refractivity contribution in [2.24, 2.45) is 0 Å². The van der Waals surface area contributed by atoms with Crippen LogP contribution in [-0.2, 0) is 4.79 Å². The van der Waals surface area contributed by atoms with Crippen LogP contribution in [0.4, 0.5) is 0 Å². The van der Waals surface area contributed by atoms with Crippen molar-refractivity contribution in [1.29, 1.82) is 0 Å². The largest absolute Gasteiger partial charge is 0.478 e. The van der Waals surface area contributed by atoms with E-state index in [1.54, 1.807) is 6.20 Å². The summed E-state index contributed by atoms with van der Waals surface area (Å²) in [6.07, 6.45) is 7.78. The Morgan fingerprint density at radius 1 is 1.53 bits per heavy atom. The quantitative estimate of drug-likeness (QED) is 0.763. The van der Waals surface area contributed by atoms with Crippen molar-refractivity contribution in [3.05, 3.63) is 29.9 Å². The molecule has 0 radical (unpaired) electrons. The highest BCUT2D eigenvalue weighted by atomic mass is 16.4. The van der Waals surface area contributed by atoms with Gasteiger partial charge in [0.1, 0.15) is 0 Å². The molecule has 0 aromatic carbocycles. The van der Waals surface area contributed by atoms with Gasteiger partial charge in [0.2, 0.25) is 0 Å². The molecule has 0 atom stereocenters. The molecule has 1 aliphatic carbocycles. The number of carboxylic acid groups (broad SMARTS) is 1. The predicted molar refractivity (Wildman–Crippen MR) is 55.3 cm³/mol. The lowest BCUT2D eigenvalue weighted by Gasteiger charge is -2.24. The van der Waals surface area contributed by atoms with Gasteiger partial charge in [-0.1, -0.05) is 6.42 Å². The summed E-state index contributed by atoms with van der Waals surface area (Å²) in [7, 11) is 0. The van der Waals surface area contributed by atoms with Crippen molar-refractivity contribution in [3.63, 3.8) is 0 Å². The van der Waals surface area contributed by atoms with Crippen LogP contribution >= 0.6 is 0 Å². The van der Waals surface area contributed by atoms with Gasteiger partial charge < -0.3 is 5.11 Å². The Bertz CT molecular complexity index is 397. The molecule has 1 saturated carbocycles. The van der Waals surface area contributed by atoms with Gasteiger partial charge in [-0.05, 0) is 25.0 Å². The van der Waals surface area contributed by atoms with E-state index < -0.39 is 5.97 Å². The molecule has 0 unspecified atom stereocenters. The second kappa shape index (κ2) is 4.21. The monoisotopic (exact) mass is 204 g/mol. The molecule has 78 valence electrons. The number of aliphatic carboxylic acids is 1. The third-order valence-corrected chi connectivity index (χ3v) is 2.59. The minimum absolute atomic E-state index is 0.474. The number of hydrogen-bond donors (Lipinski definition) is 1. The highest BCUT2D eigenvalue weighted by Gasteiger charge is 2.20. The maximum atomic E-state index is 10.3. The number of rotatable bonds is 3. The van der Waals surface area contributed by atoms with Crippen LogP contribution in [0.5, 0.6) is 0 Å². The van der Waals surface area contributed by atoms with E-state index in [4.69, 9.17) is 5.11 Å². The van der Waals surface area contributed by atoms with Crippen LogP contribution < -0.4 is 0 Å². The van der Waals surface area contributed by atoms with Crippen LogP contribution in [0.25, 0.3) is 6.08 Å². The maximum Gasteiger partial charge on any atom is 0.328 e. The van der Waals surface area contributed by atoms with E-state index in [1.807, 2.05) is 6.07 Å². The maximum absolute atomic E-state index is 10.3. The molecule has 2 rings (SSSR count). The molecule has 0 bridgehead atoms. The van der Waals surface area contributed by atoms with Gasteiger partial charge in [0.25, 0.3) is 0 Å². The normalized spacial score (nSPS) is 16.5. The summed E-state index contributed by atoms with van der Waals surface area (Å²) >= 11 is 0. The van der Waals surface area contributed by atoms with E-state index in [2.05, 4.69) is 9.97 Å². The fourth-order valence-electron chi connectivity index (χ4n) is 1.55. The highest BCUT2D eigenvalue weighted by Crippen LogP contribution is 2.34. The molecule has 1 aliphatic rings. The lowest BCUT2D eigenvalue weighted by atomic mass is 9.83. The van der Waals surface area contributed by atoms with Crippen LogP contribution in [0.1, 0.15) is 36.7 Å². The van der Waals surface area contributed by atoms with Gasteiger partial charge in [-0.3, -0.25) is 0 Å². The van der Waals surface area contributed by atoms with Crippen LogP contribution in [0, 0.1) is 0 Å². The summed E-state index contributed by atoms with van der Waals surface area (Å²) in [6.45, 7) is 0. The predicted octanol–water partition coefficient (Wildman–Crippen LogP) is 1.84. The molecule has 1 heterocycles. The summed E-state index contributed by atoms with van der Waals surface area (Å²) in [6, 6.07) is 1.90. The SMILES string of the molecule is O=C(O)/C=C/c1nccc(C2CCC2)n1. The first-order valence-corrected chi connectivity index (χ1v) is 4.99. The van der Waals surface area contributed by atoms with Crippen molar-refractivity contribution in [1.82, 2.24) is 9.97 Å². The Hall–Kier alpha value is -1.71.